The van der Waals surface area contributed by atoms with Crippen LogP contribution >= 0.6 is 12.2 Å². The predicted octanol–water partition coefficient (Wildman–Crippen LogP) is 2.04. The molecule has 0 saturated heterocycles. The molecule has 0 atom stereocenters. The number of rotatable bonds is 8. The summed E-state index contributed by atoms with van der Waals surface area (Å²) < 4.78 is 1.95. The molecule has 0 spiro atoms. The maximum atomic E-state index is 5.58. The third-order valence-electron chi connectivity index (χ3n) is 2.71. The van der Waals surface area contributed by atoms with Crippen molar-refractivity contribution in [1.82, 2.24) is 14.7 Å². The number of aromatic nitrogens is 2. The number of hydrogen-bond acceptors (Lipinski definition) is 3. The van der Waals surface area contributed by atoms with Crippen molar-refractivity contribution in [2.45, 2.75) is 40.3 Å². The quantitative estimate of drug-likeness (QED) is 0.733. The van der Waals surface area contributed by atoms with Crippen LogP contribution in [0.1, 0.15) is 32.8 Å². The average molecular weight is 268 g/mol. The monoisotopic (exact) mass is 268 g/mol. The van der Waals surface area contributed by atoms with E-state index in [0.29, 0.717) is 10.9 Å². The van der Waals surface area contributed by atoms with Crippen molar-refractivity contribution in [2.24, 2.45) is 11.7 Å². The minimum absolute atomic E-state index is 0.591. The minimum atomic E-state index is 0.591. The van der Waals surface area contributed by atoms with E-state index in [1.54, 1.807) is 0 Å². The Morgan fingerprint density at radius 3 is 2.78 bits per heavy atom. The third-order valence-corrected chi connectivity index (χ3v) is 2.92. The number of hydrogen-bond donors (Lipinski definition) is 1. The summed E-state index contributed by atoms with van der Waals surface area (Å²) in [5, 5.41) is 4.30. The van der Waals surface area contributed by atoms with Gasteiger partial charge < -0.3 is 5.73 Å². The van der Waals surface area contributed by atoms with Gasteiger partial charge in [0.1, 0.15) is 0 Å². The zero-order valence-corrected chi connectivity index (χ0v) is 12.4. The van der Waals surface area contributed by atoms with Gasteiger partial charge in [-0.15, -0.1) is 0 Å². The molecule has 0 aromatic carbocycles. The lowest BCUT2D eigenvalue weighted by Crippen LogP contribution is -2.30. The number of thiocarbonyl (C=S) groups is 1. The van der Waals surface area contributed by atoms with E-state index in [0.717, 1.165) is 32.6 Å². The molecule has 0 radical (unpaired) electrons. The Morgan fingerprint density at radius 1 is 1.56 bits per heavy atom. The molecule has 0 aliphatic rings. The summed E-state index contributed by atoms with van der Waals surface area (Å²) in [6.07, 6.45) is 4.83. The SMILES string of the molecule is CCn1cc(CN(CCC(N)=S)CC(C)C)cn1. The molecule has 5 heteroatoms. The molecule has 4 nitrogen and oxygen atoms in total. The molecule has 1 rings (SSSR count). The van der Waals surface area contributed by atoms with Crippen molar-refractivity contribution in [2.75, 3.05) is 13.1 Å². The molecule has 18 heavy (non-hydrogen) atoms. The van der Waals surface area contributed by atoms with Crippen LogP contribution in [0.25, 0.3) is 0 Å². The van der Waals surface area contributed by atoms with Crippen LogP contribution < -0.4 is 5.73 Å². The molecule has 0 unspecified atom stereocenters. The van der Waals surface area contributed by atoms with Gasteiger partial charge in [-0.1, -0.05) is 26.1 Å². The highest BCUT2D eigenvalue weighted by Crippen LogP contribution is 2.07. The summed E-state index contributed by atoms with van der Waals surface area (Å²) in [6, 6.07) is 0. The fourth-order valence-corrected chi connectivity index (χ4v) is 2.03. The second kappa shape index (κ2) is 7.48. The van der Waals surface area contributed by atoms with E-state index in [1.807, 2.05) is 10.9 Å². The summed E-state index contributed by atoms with van der Waals surface area (Å²) in [4.78, 5) is 2.98. The molecule has 0 amide bonds. The molecule has 0 aliphatic carbocycles. The normalized spacial score (nSPS) is 11.4. The highest BCUT2D eigenvalue weighted by atomic mass is 32.1. The summed E-state index contributed by atoms with van der Waals surface area (Å²) in [7, 11) is 0. The average Bonchev–Trinajstić information content (AvgIpc) is 2.73. The molecular formula is C13H24N4S. The number of nitrogens with zero attached hydrogens (tertiary/aromatic N) is 3. The molecule has 1 heterocycles. The lowest BCUT2D eigenvalue weighted by atomic mass is 10.2. The van der Waals surface area contributed by atoms with Crippen LogP contribution in [0.5, 0.6) is 0 Å². The molecule has 2 N–H and O–H groups in total. The van der Waals surface area contributed by atoms with Gasteiger partial charge in [-0.2, -0.15) is 5.10 Å². The van der Waals surface area contributed by atoms with Gasteiger partial charge in [0.2, 0.25) is 0 Å². The van der Waals surface area contributed by atoms with Gasteiger partial charge in [0, 0.05) is 44.4 Å². The zero-order chi connectivity index (χ0) is 13.5. The predicted molar refractivity (Wildman–Crippen MR) is 79.4 cm³/mol. The van der Waals surface area contributed by atoms with E-state index >= 15 is 0 Å². The van der Waals surface area contributed by atoms with Crippen LogP contribution in [0.2, 0.25) is 0 Å². The van der Waals surface area contributed by atoms with Crippen LogP contribution in [0, 0.1) is 5.92 Å². The highest BCUT2D eigenvalue weighted by molar-refractivity contribution is 7.80. The van der Waals surface area contributed by atoms with Crippen molar-refractivity contribution < 1.29 is 0 Å². The smallest absolute Gasteiger partial charge is 0.0740 e. The topological polar surface area (TPSA) is 47.1 Å². The van der Waals surface area contributed by atoms with Crippen molar-refractivity contribution in [3.05, 3.63) is 18.0 Å². The minimum Gasteiger partial charge on any atom is -0.393 e. The molecule has 0 saturated carbocycles. The Kier molecular flexibility index (Phi) is 6.29. The largest absolute Gasteiger partial charge is 0.393 e. The molecule has 1 aromatic heterocycles. The first-order chi connectivity index (χ1) is 8.51. The van der Waals surface area contributed by atoms with Gasteiger partial charge in [-0.3, -0.25) is 9.58 Å². The van der Waals surface area contributed by atoms with Gasteiger partial charge in [-0.05, 0) is 12.8 Å². The standard InChI is InChI=1S/C13H24N4S/c1-4-17-10-12(7-15-17)9-16(8-11(2)3)6-5-13(14)18/h7,10-11H,4-6,8-9H2,1-3H3,(H2,14,18). The molecule has 0 bridgehead atoms. The Bertz CT molecular complexity index is 373. The van der Waals surface area contributed by atoms with Gasteiger partial charge in [0.05, 0.1) is 11.2 Å². The van der Waals surface area contributed by atoms with Gasteiger partial charge in [0.25, 0.3) is 0 Å². The van der Waals surface area contributed by atoms with Crippen molar-refractivity contribution >= 4 is 17.2 Å². The van der Waals surface area contributed by atoms with E-state index < -0.39 is 0 Å². The molecule has 1 aromatic rings. The van der Waals surface area contributed by atoms with Crippen molar-refractivity contribution in [3.8, 4) is 0 Å². The van der Waals surface area contributed by atoms with Crippen LogP contribution in [0.4, 0.5) is 0 Å². The third kappa shape index (κ3) is 5.60. The van der Waals surface area contributed by atoms with Crippen LogP contribution in [-0.4, -0.2) is 32.8 Å². The Labute approximate surface area is 115 Å². The van der Waals surface area contributed by atoms with E-state index in [9.17, 15) is 0 Å². The second-order valence-corrected chi connectivity index (χ2v) is 5.57. The Morgan fingerprint density at radius 2 is 2.28 bits per heavy atom. The van der Waals surface area contributed by atoms with E-state index in [-0.39, 0.29) is 0 Å². The Balaban J connectivity index is 2.56. The lowest BCUT2D eigenvalue weighted by Gasteiger charge is -2.23. The van der Waals surface area contributed by atoms with Gasteiger partial charge >= 0.3 is 0 Å². The summed E-state index contributed by atoms with van der Waals surface area (Å²) >= 11 is 4.95. The fourth-order valence-electron chi connectivity index (χ4n) is 1.94. The van der Waals surface area contributed by atoms with Gasteiger partial charge in [0.15, 0.2) is 0 Å². The van der Waals surface area contributed by atoms with Crippen molar-refractivity contribution in [1.29, 1.82) is 0 Å². The summed E-state index contributed by atoms with van der Waals surface area (Å²) in [5.74, 6) is 0.637. The first-order valence-electron chi connectivity index (χ1n) is 6.53. The molecule has 102 valence electrons. The highest BCUT2D eigenvalue weighted by Gasteiger charge is 2.10. The second-order valence-electron chi connectivity index (χ2n) is 5.05. The van der Waals surface area contributed by atoms with Crippen LogP contribution in [-0.2, 0) is 13.1 Å². The Hall–Kier alpha value is -0.940. The van der Waals surface area contributed by atoms with Crippen LogP contribution in [0.15, 0.2) is 12.4 Å². The number of nitrogens with two attached hydrogens (primary N) is 1. The molecule has 0 aliphatic heterocycles. The first kappa shape index (κ1) is 15.1. The summed E-state index contributed by atoms with van der Waals surface area (Å²) in [6.45, 7) is 10.4. The van der Waals surface area contributed by atoms with Crippen molar-refractivity contribution in [3.63, 3.8) is 0 Å². The molecule has 0 fully saturated rings. The fraction of sp³-hybridized carbons (Fsp3) is 0.692. The van der Waals surface area contributed by atoms with E-state index in [1.165, 1.54) is 5.56 Å². The first-order valence-corrected chi connectivity index (χ1v) is 6.94. The number of aryl methyl sites for hydroxylation is 1. The maximum Gasteiger partial charge on any atom is 0.0740 e. The van der Waals surface area contributed by atoms with E-state index in [2.05, 4.69) is 37.0 Å². The summed E-state index contributed by atoms with van der Waals surface area (Å²) in [5.41, 5.74) is 6.83. The van der Waals surface area contributed by atoms with Crippen LogP contribution in [0.3, 0.4) is 0 Å². The van der Waals surface area contributed by atoms with E-state index in [4.69, 9.17) is 18.0 Å². The lowest BCUT2D eigenvalue weighted by molar-refractivity contribution is 0.242. The van der Waals surface area contributed by atoms with Gasteiger partial charge in [-0.25, -0.2) is 0 Å². The molecular weight excluding hydrogens is 244 g/mol. The maximum absolute atomic E-state index is 5.58. The zero-order valence-electron chi connectivity index (χ0n) is 11.6.